The van der Waals surface area contributed by atoms with Crippen molar-refractivity contribution in [3.8, 4) is 5.75 Å². The minimum atomic E-state index is -0.147. The third-order valence-electron chi connectivity index (χ3n) is 4.88. The molecule has 0 spiro atoms. The highest BCUT2D eigenvalue weighted by Gasteiger charge is 2.24. The molecule has 3 aromatic rings. The molecule has 0 N–H and O–H groups in total. The molecule has 1 aliphatic heterocycles. The lowest BCUT2D eigenvalue weighted by atomic mass is 10.1. The zero-order valence-corrected chi connectivity index (χ0v) is 15.6. The van der Waals surface area contributed by atoms with Gasteiger partial charge in [-0.25, -0.2) is 0 Å². The Morgan fingerprint density at radius 3 is 2.56 bits per heavy atom. The SMILES string of the molecule is Cc1ccc(C(=O)N2CCn3nc(C(C)Oc4ccccc4)cc3C2)cc1. The van der Waals surface area contributed by atoms with E-state index < -0.39 is 0 Å². The van der Waals surface area contributed by atoms with Gasteiger partial charge in [-0.3, -0.25) is 9.48 Å². The predicted molar refractivity (Wildman–Crippen MR) is 104 cm³/mol. The summed E-state index contributed by atoms with van der Waals surface area (Å²) in [5.41, 5.74) is 3.81. The van der Waals surface area contributed by atoms with Gasteiger partial charge in [0.05, 0.1) is 18.8 Å². The summed E-state index contributed by atoms with van der Waals surface area (Å²) in [5.74, 6) is 0.893. The molecule has 1 atom stereocenters. The van der Waals surface area contributed by atoms with Gasteiger partial charge in [0.1, 0.15) is 17.5 Å². The molecule has 0 saturated carbocycles. The predicted octanol–water partition coefficient (Wildman–Crippen LogP) is 3.99. The maximum atomic E-state index is 12.8. The van der Waals surface area contributed by atoms with Crippen molar-refractivity contribution in [3.05, 3.63) is 83.2 Å². The first-order valence-corrected chi connectivity index (χ1v) is 9.24. The van der Waals surface area contributed by atoms with Crippen LogP contribution in [0.25, 0.3) is 0 Å². The lowest BCUT2D eigenvalue weighted by molar-refractivity contribution is 0.0706. The lowest BCUT2D eigenvalue weighted by Crippen LogP contribution is -2.38. The van der Waals surface area contributed by atoms with Gasteiger partial charge in [-0.2, -0.15) is 5.10 Å². The van der Waals surface area contributed by atoms with Crippen molar-refractivity contribution in [3.63, 3.8) is 0 Å². The van der Waals surface area contributed by atoms with Gasteiger partial charge in [0.15, 0.2) is 0 Å². The van der Waals surface area contributed by atoms with Crippen LogP contribution in [0.1, 0.15) is 40.3 Å². The van der Waals surface area contributed by atoms with Crippen LogP contribution < -0.4 is 4.74 Å². The molecule has 1 aliphatic rings. The van der Waals surface area contributed by atoms with Crippen LogP contribution in [0, 0.1) is 6.92 Å². The fourth-order valence-electron chi connectivity index (χ4n) is 3.30. The quantitative estimate of drug-likeness (QED) is 0.706. The summed E-state index contributed by atoms with van der Waals surface area (Å²) in [4.78, 5) is 14.7. The molecule has 5 nitrogen and oxygen atoms in total. The van der Waals surface area contributed by atoms with E-state index in [9.17, 15) is 4.79 Å². The molecule has 2 aromatic carbocycles. The summed E-state index contributed by atoms with van der Waals surface area (Å²) in [7, 11) is 0. The van der Waals surface area contributed by atoms with Gasteiger partial charge in [0.2, 0.25) is 0 Å². The van der Waals surface area contributed by atoms with Gasteiger partial charge >= 0.3 is 0 Å². The smallest absolute Gasteiger partial charge is 0.254 e. The number of aryl methyl sites for hydroxylation is 1. The molecule has 2 heterocycles. The fourth-order valence-corrected chi connectivity index (χ4v) is 3.30. The van der Waals surface area contributed by atoms with Crippen LogP contribution in [-0.2, 0) is 13.1 Å². The molecule has 0 aliphatic carbocycles. The van der Waals surface area contributed by atoms with E-state index in [4.69, 9.17) is 4.74 Å². The van der Waals surface area contributed by atoms with Crippen molar-refractivity contribution in [1.82, 2.24) is 14.7 Å². The Morgan fingerprint density at radius 1 is 1.07 bits per heavy atom. The first-order chi connectivity index (χ1) is 13.1. The Balaban J connectivity index is 1.47. The molecule has 0 fully saturated rings. The van der Waals surface area contributed by atoms with Gasteiger partial charge in [-0.15, -0.1) is 0 Å². The Kier molecular flexibility index (Phi) is 4.67. The number of fused-ring (bicyclic) bond motifs is 1. The Hall–Kier alpha value is -3.08. The topological polar surface area (TPSA) is 47.4 Å². The highest BCUT2D eigenvalue weighted by Crippen LogP contribution is 2.23. The number of rotatable bonds is 4. The average molecular weight is 361 g/mol. The molecule has 0 bridgehead atoms. The van der Waals surface area contributed by atoms with Crippen LogP contribution in [0.3, 0.4) is 0 Å². The normalized spacial score (nSPS) is 14.5. The molecule has 1 unspecified atom stereocenters. The third-order valence-corrected chi connectivity index (χ3v) is 4.88. The van der Waals surface area contributed by atoms with E-state index in [1.54, 1.807) is 0 Å². The lowest BCUT2D eigenvalue weighted by Gasteiger charge is -2.27. The Morgan fingerprint density at radius 2 is 1.81 bits per heavy atom. The Bertz CT molecular complexity index is 932. The van der Waals surface area contributed by atoms with E-state index in [1.165, 1.54) is 0 Å². The largest absolute Gasteiger partial charge is 0.484 e. The number of carbonyl (C=O) groups is 1. The minimum absolute atomic E-state index is 0.0672. The monoisotopic (exact) mass is 361 g/mol. The standard InChI is InChI=1S/C22H23N3O2/c1-16-8-10-18(11-9-16)22(26)24-12-13-25-19(15-24)14-21(23-25)17(2)27-20-6-4-3-5-7-20/h3-11,14,17H,12-13,15H2,1-2H3. The van der Waals surface area contributed by atoms with Gasteiger partial charge in [-0.05, 0) is 44.2 Å². The summed E-state index contributed by atoms with van der Waals surface area (Å²) in [6.45, 7) is 5.95. The zero-order valence-electron chi connectivity index (χ0n) is 15.6. The van der Waals surface area contributed by atoms with Crippen LogP contribution in [0.5, 0.6) is 5.75 Å². The summed E-state index contributed by atoms with van der Waals surface area (Å²) < 4.78 is 7.96. The van der Waals surface area contributed by atoms with E-state index in [2.05, 4.69) is 5.10 Å². The first-order valence-electron chi connectivity index (χ1n) is 9.24. The first kappa shape index (κ1) is 17.3. The molecular weight excluding hydrogens is 338 g/mol. The minimum Gasteiger partial charge on any atom is -0.484 e. The van der Waals surface area contributed by atoms with Gasteiger partial charge in [-0.1, -0.05) is 35.9 Å². The second-order valence-corrected chi connectivity index (χ2v) is 6.95. The molecule has 5 heteroatoms. The van der Waals surface area contributed by atoms with E-state index in [0.717, 1.165) is 28.3 Å². The van der Waals surface area contributed by atoms with Crippen molar-refractivity contribution in [1.29, 1.82) is 0 Å². The molecule has 27 heavy (non-hydrogen) atoms. The van der Waals surface area contributed by atoms with Gasteiger partial charge < -0.3 is 9.64 Å². The van der Waals surface area contributed by atoms with Crippen molar-refractivity contribution in [2.24, 2.45) is 0 Å². The number of para-hydroxylation sites is 1. The molecule has 0 radical (unpaired) electrons. The van der Waals surface area contributed by atoms with E-state index in [1.807, 2.05) is 84.1 Å². The number of aromatic nitrogens is 2. The second kappa shape index (κ2) is 7.27. The number of benzene rings is 2. The molecule has 138 valence electrons. The summed E-state index contributed by atoms with van der Waals surface area (Å²) in [6.07, 6.45) is -0.147. The number of ether oxygens (including phenoxy) is 1. The van der Waals surface area contributed by atoms with E-state index in [-0.39, 0.29) is 12.0 Å². The van der Waals surface area contributed by atoms with Crippen molar-refractivity contribution >= 4 is 5.91 Å². The van der Waals surface area contributed by atoms with Crippen molar-refractivity contribution in [2.45, 2.75) is 33.0 Å². The number of hydrogen-bond donors (Lipinski definition) is 0. The van der Waals surface area contributed by atoms with Crippen molar-refractivity contribution < 1.29 is 9.53 Å². The second-order valence-electron chi connectivity index (χ2n) is 6.95. The fraction of sp³-hybridized carbons (Fsp3) is 0.273. The van der Waals surface area contributed by atoms with Crippen LogP contribution in [0.4, 0.5) is 0 Å². The van der Waals surface area contributed by atoms with Crippen molar-refractivity contribution in [2.75, 3.05) is 6.54 Å². The molecular formula is C22H23N3O2. The highest BCUT2D eigenvalue weighted by molar-refractivity contribution is 5.94. The number of hydrogen-bond acceptors (Lipinski definition) is 3. The number of amides is 1. The summed E-state index contributed by atoms with van der Waals surface area (Å²) in [6, 6.07) is 19.5. The van der Waals surface area contributed by atoms with Gasteiger partial charge in [0.25, 0.3) is 5.91 Å². The maximum Gasteiger partial charge on any atom is 0.254 e. The number of nitrogens with zero attached hydrogens (tertiary/aromatic N) is 3. The Labute approximate surface area is 159 Å². The number of carbonyl (C=O) groups excluding carboxylic acids is 1. The summed E-state index contributed by atoms with van der Waals surface area (Å²) in [5, 5.41) is 4.68. The molecule has 4 rings (SSSR count). The summed E-state index contributed by atoms with van der Waals surface area (Å²) >= 11 is 0. The van der Waals surface area contributed by atoms with Crippen LogP contribution in [-0.4, -0.2) is 27.1 Å². The molecule has 0 saturated heterocycles. The maximum absolute atomic E-state index is 12.8. The van der Waals surface area contributed by atoms with Crippen LogP contribution in [0.2, 0.25) is 0 Å². The zero-order chi connectivity index (χ0) is 18.8. The highest BCUT2D eigenvalue weighted by atomic mass is 16.5. The van der Waals surface area contributed by atoms with E-state index in [0.29, 0.717) is 19.6 Å². The molecule has 1 aromatic heterocycles. The van der Waals surface area contributed by atoms with Gasteiger partial charge in [0, 0.05) is 12.1 Å². The average Bonchev–Trinajstić information content (AvgIpc) is 3.12. The molecule has 1 amide bonds. The van der Waals surface area contributed by atoms with E-state index >= 15 is 0 Å². The third kappa shape index (κ3) is 3.72. The van der Waals surface area contributed by atoms with Crippen LogP contribution >= 0.6 is 0 Å². The van der Waals surface area contributed by atoms with Crippen LogP contribution in [0.15, 0.2) is 60.7 Å².